The Morgan fingerprint density at radius 1 is 0.551 bits per heavy atom. The van der Waals surface area contributed by atoms with Gasteiger partial charge in [0, 0.05) is 5.41 Å². The second-order valence-electron chi connectivity index (χ2n) is 13.6. The van der Waals surface area contributed by atoms with Crippen molar-refractivity contribution in [3.63, 3.8) is 0 Å². The minimum absolute atomic E-state index is 0.101. The lowest BCUT2D eigenvalue weighted by Crippen LogP contribution is -2.31. The highest BCUT2D eigenvalue weighted by molar-refractivity contribution is 5.96. The van der Waals surface area contributed by atoms with Crippen molar-refractivity contribution in [1.82, 2.24) is 5.32 Å². The summed E-state index contributed by atoms with van der Waals surface area (Å²) in [7, 11) is 0. The molecule has 238 valence electrons. The van der Waals surface area contributed by atoms with E-state index in [4.69, 9.17) is 5.73 Å². The van der Waals surface area contributed by atoms with Crippen LogP contribution in [0.5, 0.6) is 0 Å². The summed E-state index contributed by atoms with van der Waals surface area (Å²) in [6.07, 6.45) is 4.24. The Morgan fingerprint density at radius 2 is 1.18 bits per heavy atom. The van der Waals surface area contributed by atoms with Crippen LogP contribution in [0.15, 0.2) is 170 Å². The number of hydrogen-bond acceptors (Lipinski definition) is 2. The summed E-state index contributed by atoms with van der Waals surface area (Å²) in [5.41, 5.74) is 20.4. The number of benzene rings is 7. The maximum atomic E-state index is 6.94. The van der Waals surface area contributed by atoms with E-state index >= 15 is 0 Å². The normalized spacial score (nSPS) is 14.4. The Bertz CT molecular complexity index is 2290. The average Bonchev–Trinajstić information content (AvgIpc) is 3.38. The molecule has 1 aliphatic rings. The summed E-state index contributed by atoms with van der Waals surface area (Å²) in [6, 6.07) is 58.4. The predicted molar refractivity (Wildman–Crippen MR) is 207 cm³/mol. The molecule has 0 amide bonds. The molecule has 7 aromatic carbocycles. The van der Waals surface area contributed by atoms with Crippen LogP contribution in [0, 0.1) is 0 Å². The predicted octanol–water partition coefficient (Wildman–Crippen LogP) is 11.5. The van der Waals surface area contributed by atoms with Crippen LogP contribution in [0.3, 0.4) is 0 Å². The fourth-order valence-electron chi connectivity index (χ4n) is 7.55. The second-order valence-corrected chi connectivity index (χ2v) is 13.6. The molecule has 2 heteroatoms. The largest absolute Gasteiger partial charge is 0.312 e. The molecule has 2 unspecified atom stereocenters. The van der Waals surface area contributed by atoms with Crippen LogP contribution in [0.4, 0.5) is 0 Å². The molecule has 2 nitrogen and oxygen atoms in total. The van der Waals surface area contributed by atoms with E-state index in [9.17, 15) is 0 Å². The van der Waals surface area contributed by atoms with Crippen LogP contribution < -0.4 is 11.1 Å². The Hall–Kier alpha value is -5.54. The zero-order valence-corrected chi connectivity index (χ0v) is 28.0. The molecule has 2 atom stereocenters. The zero-order valence-electron chi connectivity index (χ0n) is 28.0. The van der Waals surface area contributed by atoms with Crippen molar-refractivity contribution in [2.45, 2.75) is 31.5 Å². The van der Waals surface area contributed by atoms with Crippen molar-refractivity contribution in [3.05, 3.63) is 198 Å². The van der Waals surface area contributed by atoms with Crippen molar-refractivity contribution in [2.75, 3.05) is 0 Å². The molecule has 0 spiro atoms. The number of hydrogen-bond donors (Lipinski definition) is 2. The van der Waals surface area contributed by atoms with Crippen LogP contribution in [0.1, 0.15) is 53.9 Å². The van der Waals surface area contributed by atoms with E-state index in [0.29, 0.717) is 0 Å². The smallest absolute Gasteiger partial charge is 0.0817 e. The Labute approximate surface area is 289 Å². The molecule has 0 saturated heterocycles. The third-order valence-corrected chi connectivity index (χ3v) is 10.2. The van der Waals surface area contributed by atoms with Gasteiger partial charge in [0.25, 0.3) is 0 Å². The van der Waals surface area contributed by atoms with Gasteiger partial charge in [-0.15, -0.1) is 0 Å². The van der Waals surface area contributed by atoms with Gasteiger partial charge >= 0.3 is 0 Å². The van der Waals surface area contributed by atoms with Gasteiger partial charge < -0.3 is 5.73 Å². The summed E-state index contributed by atoms with van der Waals surface area (Å²) >= 11 is 0. The van der Waals surface area contributed by atoms with Gasteiger partial charge in [-0.1, -0.05) is 172 Å². The molecule has 0 aliphatic heterocycles. The van der Waals surface area contributed by atoms with E-state index in [-0.39, 0.29) is 17.6 Å². The van der Waals surface area contributed by atoms with Gasteiger partial charge in [-0.3, -0.25) is 5.32 Å². The molecule has 49 heavy (non-hydrogen) atoms. The first-order chi connectivity index (χ1) is 24.0. The van der Waals surface area contributed by atoms with Crippen molar-refractivity contribution in [3.8, 4) is 33.4 Å². The molecule has 0 aromatic heterocycles. The lowest BCUT2D eigenvalue weighted by Gasteiger charge is -2.25. The lowest BCUT2D eigenvalue weighted by atomic mass is 9.81. The standard InChI is InChI=1S/C47H40N2/c1-47(2)42-24-14-23-34(45(42)41-30-36-21-12-13-22-37(36)31-43(41)47)26-28-44(49-46(48)35-19-10-5-11-20-35)40-29-38(32-15-6-3-7-16-32)25-27-39(40)33-17-8-4-9-18-33/h3-31,44,46,49H,48H2,1-2H3/b28-26+. The molecule has 3 N–H and O–H groups in total. The average molecular weight is 633 g/mol. The van der Waals surface area contributed by atoms with E-state index in [2.05, 4.69) is 177 Å². The molecule has 7 aromatic rings. The van der Waals surface area contributed by atoms with E-state index in [1.807, 2.05) is 18.2 Å². The van der Waals surface area contributed by atoms with Crippen molar-refractivity contribution < 1.29 is 0 Å². The number of fused-ring (bicyclic) bond motifs is 4. The SMILES string of the molecule is CC1(C)c2cc3ccccc3cc2-c2c(/C=C/C(NC(N)c3ccccc3)c3cc(-c4ccccc4)ccc3-c3ccccc3)cccc21. The van der Waals surface area contributed by atoms with E-state index < -0.39 is 0 Å². The summed E-state index contributed by atoms with van der Waals surface area (Å²) in [5.74, 6) is 0. The third-order valence-electron chi connectivity index (χ3n) is 10.2. The summed E-state index contributed by atoms with van der Waals surface area (Å²) in [6.45, 7) is 4.70. The highest BCUT2D eigenvalue weighted by Crippen LogP contribution is 2.51. The minimum Gasteiger partial charge on any atom is -0.312 e. The van der Waals surface area contributed by atoms with Crippen LogP contribution in [0.25, 0.3) is 50.2 Å². The summed E-state index contributed by atoms with van der Waals surface area (Å²) in [5, 5.41) is 6.38. The number of nitrogens with one attached hydrogen (secondary N) is 1. The first kappa shape index (κ1) is 30.8. The Kier molecular flexibility index (Phi) is 8.05. The van der Waals surface area contributed by atoms with E-state index in [1.165, 1.54) is 66.4 Å². The highest BCUT2D eigenvalue weighted by atomic mass is 15.0. The van der Waals surface area contributed by atoms with Crippen molar-refractivity contribution in [1.29, 1.82) is 0 Å². The van der Waals surface area contributed by atoms with Gasteiger partial charge in [0.1, 0.15) is 0 Å². The Balaban J connectivity index is 1.29. The molecule has 0 heterocycles. The lowest BCUT2D eigenvalue weighted by molar-refractivity contribution is 0.510. The van der Waals surface area contributed by atoms with Gasteiger partial charge in [0.05, 0.1) is 12.2 Å². The van der Waals surface area contributed by atoms with E-state index in [0.717, 1.165) is 5.56 Å². The van der Waals surface area contributed by atoms with E-state index in [1.54, 1.807) is 0 Å². The first-order valence-corrected chi connectivity index (χ1v) is 17.1. The fourth-order valence-corrected chi connectivity index (χ4v) is 7.55. The minimum atomic E-state index is -0.368. The van der Waals surface area contributed by atoms with Gasteiger partial charge in [0.2, 0.25) is 0 Å². The van der Waals surface area contributed by atoms with Crippen LogP contribution in [-0.4, -0.2) is 0 Å². The molecule has 8 rings (SSSR count). The van der Waals surface area contributed by atoms with Crippen molar-refractivity contribution >= 4 is 16.8 Å². The molecule has 0 radical (unpaired) electrons. The van der Waals surface area contributed by atoms with Gasteiger partial charge in [0.15, 0.2) is 0 Å². The quantitative estimate of drug-likeness (QED) is 0.164. The maximum Gasteiger partial charge on any atom is 0.0817 e. The molecule has 0 saturated carbocycles. The van der Waals surface area contributed by atoms with Crippen LogP contribution >= 0.6 is 0 Å². The third kappa shape index (κ3) is 5.80. The number of nitrogens with two attached hydrogens (primary N) is 1. The topological polar surface area (TPSA) is 38.0 Å². The Morgan fingerprint density at radius 3 is 1.90 bits per heavy atom. The second kappa shape index (κ2) is 12.8. The summed E-state index contributed by atoms with van der Waals surface area (Å²) in [4.78, 5) is 0. The molecule has 0 fully saturated rings. The van der Waals surface area contributed by atoms with Crippen molar-refractivity contribution in [2.24, 2.45) is 5.73 Å². The number of rotatable bonds is 8. The first-order valence-electron chi connectivity index (χ1n) is 17.1. The fraction of sp³-hybridized carbons (Fsp3) is 0.106. The van der Waals surface area contributed by atoms with Crippen LogP contribution in [-0.2, 0) is 5.41 Å². The zero-order chi connectivity index (χ0) is 33.4. The molecular formula is C47H40N2. The van der Waals surface area contributed by atoms with Crippen LogP contribution in [0.2, 0.25) is 0 Å². The van der Waals surface area contributed by atoms with Gasteiger partial charge in [-0.2, -0.15) is 0 Å². The van der Waals surface area contributed by atoms with Gasteiger partial charge in [-0.05, 0) is 90.2 Å². The molecule has 0 bridgehead atoms. The summed E-state index contributed by atoms with van der Waals surface area (Å²) < 4.78 is 0. The molecule has 1 aliphatic carbocycles. The maximum absolute atomic E-state index is 6.94. The highest BCUT2D eigenvalue weighted by Gasteiger charge is 2.36. The molecular weight excluding hydrogens is 593 g/mol. The monoisotopic (exact) mass is 632 g/mol. The van der Waals surface area contributed by atoms with Gasteiger partial charge in [-0.25, -0.2) is 0 Å².